The summed E-state index contributed by atoms with van der Waals surface area (Å²) >= 11 is 0. The molecule has 0 unspecified atom stereocenters. The molecule has 176 valence electrons. The maximum atomic E-state index is 6.03. The van der Waals surface area contributed by atoms with Crippen LogP contribution >= 0.6 is 0 Å². The van der Waals surface area contributed by atoms with Gasteiger partial charge in [0.1, 0.15) is 5.82 Å². The first-order valence-electron chi connectivity index (χ1n) is 12.5. The van der Waals surface area contributed by atoms with Crippen molar-refractivity contribution in [3.8, 4) is 39.6 Å². The molecule has 0 saturated heterocycles. The highest BCUT2D eigenvalue weighted by atomic mass is 15.2. The van der Waals surface area contributed by atoms with E-state index in [2.05, 4.69) is 77.5 Å². The van der Waals surface area contributed by atoms with Gasteiger partial charge in [-0.2, -0.15) is 0 Å². The van der Waals surface area contributed by atoms with E-state index >= 15 is 0 Å². The zero-order valence-electron chi connectivity index (χ0n) is 20.2. The number of nitrogens with zero attached hydrogens (tertiary/aromatic N) is 3. The molecule has 0 atom stereocenters. The van der Waals surface area contributed by atoms with Crippen LogP contribution in [0.2, 0.25) is 0 Å². The third-order valence-corrected chi connectivity index (χ3v) is 7.82. The Balaban J connectivity index is 1.53. The summed E-state index contributed by atoms with van der Waals surface area (Å²) in [5.41, 5.74) is 15.6. The van der Waals surface area contributed by atoms with E-state index in [1.54, 1.807) is 0 Å². The van der Waals surface area contributed by atoms with Crippen LogP contribution in [-0.4, -0.2) is 14.5 Å². The van der Waals surface area contributed by atoms with Crippen LogP contribution in [0.5, 0.6) is 0 Å². The molecule has 0 amide bonds. The summed E-state index contributed by atoms with van der Waals surface area (Å²) in [6.45, 7) is 2.38. The van der Waals surface area contributed by atoms with Crippen LogP contribution in [-0.2, 0) is 5.41 Å². The number of hydrogen-bond acceptors (Lipinski definition) is 4. The van der Waals surface area contributed by atoms with Crippen molar-refractivity contribution in [2.24, 2.45) is 0 Å². The van der Waals surface area contributed by atoms with E-state index in [0.717, 1.165) is 56.8 Å². The van der Waals surface area contributed by atoms with Crippen molar-refractivity contribution in [3.05, 3.63) is 96.7 Å². The standard InChI is InChI=1S/C31H27N5/c1-31(17-5-18-31)22-13-9-21(10-14-22)28-27(20-11-15-23(32)16-12-20)35-30-24-6-2-3-7-25(24)34-29-26(36(28)30)8-4-19-33-29/h2-4,6-16,19H,5,17-18,32H2,1H3,(H,33,34). The van der Waals surface area contributed by atoms with Gasteiger partial charge >= 0.3 is 0 Å². The van der Waals surface area contributed by atoms with Crippen molar-refractivity contribution in [1.82, 2.24) is 14.5 Å². The van der Waals surface area contributed by atoms with E-state index in [9.17, 15) is 0 Å². The van der Waals surface area contributed by atoms with Gasteiger partial charge in [-0.1, -0.05) is 61.9 Å². The lowest BCUT2D eigenvalue weighted by atomic mass is 9.66. The number of nitrogens with one attached hydrogen (secondary N) is 1. The third kappa shape index (κ3) is 3.16. The van der Waals surface area contributed by atoms with Gasteiger partial charge in [0.05, 0.1) is 22.8 Å². The highest BCUT2D eigenvalue weighted by Crippen LogP contribution is 2.46. The van der Waals surface area contributed by atoms with Gasteiger partial charge in [0.2, 0.25) is 0 Å². The molecule has 0 spiro atoms. The second-order valence-corrected chi connectivity index (χ2v) is 10.1. The van der Waals surface area contributed by atoms with Crippen molar-refractivity contribution < 1.29 is 0 Å². The summed E-state index contributed by atoms with van der Waals surface area (Å²) in [4.78, 5) is 9.97. The Morgan fingerprint density at radius 2 is 1.61 bits per heavy atom. The molecule has 5 aromatic rings. The van der Waals surface area contributed by atoms with Crippen LogP contribution in [0.3, 0.4) is 0 Å². The summed E-state index contributed by atoms with van der Waals surface area (Å²) in [6, 6.07) is 29.5. The van der Waals surface area contributed by atoms with Crippen LogP contribution in [0.1, 0.15) is 31.7 Å². The molecule has 3 heterocycles. The van der Waals surface area contributed by atoms with Gasteiger partial charge in [-0.3, -0.25) is 4.57 Å². The number of pyridine rings is 1. The van der Waals surface area contributed by atoms with Crippen LogP contribution in [0.4, 0.5) is 17.2 Å². The Morgan fingerprint density at radius 1 is 0.861 bits per heavy atom. The number of aromatic nitrogens is 3. The number of nitrogen functional groups attached to an aromatic ring is 1. The molecule has 2 aliphatic rings. The summed E-state index contributed by atoms with van der Waals surface area (Å²) in [6.07, 6.45) is 5.65. The first kappa shape index (κ1) is 20.9. The molecule has 3 aromatic carbocycles. The molecule has 1 aliphatic carbocycles. The second kappa shape index (κ2) is 7.82. The van der Waals surface area contributed by atoms with Gasteiger partial charge in [0.15, 0.2) is 5.82 Å². The average molecular weight is 470 g/mol. The monoisotopic (exact) mass is 469 g/mol. The van der Waals surface area contributed by atoms with E-state index in [1.807, 2.05) is 30.5 Å². The first-order valence-corrected chi connectivity index (χ1v) is 12.5. The van der Waals surface area contributed by atoms with Crippen LogP contribution in [0, 0.1) is 0 Å². The smallest absolute Gasteiger partial charge is 0.154 e. The number of nitrogens with two attached hydrogens (primary N) is 1. The molecule has 5 nitrogen and oxygen atoms in total. The highest BCUT2D eigenvalue weighted by molar-refractivity contribution is 5.91. The number of fused-ring (bicyclic) bond motifs is 5. The minimum absolute atomic E-state index is 0.298. The van der Waals surface area contributed by atoms with Gasteiger partial charge < -0.3 is 11.1 Å². The fourth-order valence-electron chi connectivity index (χ4n) is 5.56. The van der Waals surface area contributed by atoms with E-state index in [-0.39, 0.29) is 0 Å². The Hall–Kier alpha value is -4.38. The van der Waals surface area contributed by atoms with Gasteiger partial charge in [-0.25, -0.2) is 9.97 Å². The molecule has 5 heteroatoms. The second-order valence-electron chi connectivity index (χ2n) is 10.1. The number of imidazole rings is 1. The maximum Gasteiger partial charge on any atom is 0.154 e. The fourth-order valence-corrected chi connectivity index (χ4v) is 5.56. The van der Waals surface area contributed by atoms with Crippen molar-refractivity contribution in [2.45, 2.75) is 31.6 Å². The van der Waals surface area contributed by atoms with E-state index in [1.165, 1.54) is 24.8 Å². The summed E-state index contributed by atoms with van der Waals surface area (Å²) < 4.78 is 2.26. The predicted molar refractivity (Wildman–Crippen MR) is 147 cm³/mol. The van der Waals surface area contributed by atoms with Gasteiger partial charge in [0, 0.05) is 28.6 Å². The van der Waals surface area contributed by atoms with Crippen molar-refractivity contribution in [3.63, 3.8) is 0 Å². The molecule has 0 radical (unpaired) electrons. The van der Waals surface area contributed by atoms with E-state index in [4.69, 9.17) is 15.7 Å². The number of benzene rings is 3. The number of anilines is 3. The first-order chi connectivity index (χ1) is 17.6. The van der Waals surface area contributed by atoms with Gasteiger partial charge in [-0.15, -0.1) is 0 Å². The zero-order valence-corrected chi connectivity index (χ0v) is 20.2. The number of hydrogen-bond donors (Lipinski definition) is 2. The van der Waals surface area contributed by atoms with Crippen LogP contribution < -0.4 is 11.1 Å². The minimum atomic E-state index is 0.298. The molecule has 2 aromatic heterocycles. The normalized spacial score (nSPS) is 15.0. The molecular weight excluding hydrogens is 442 g/mol. The highest BCUT2D eigenvalue weighted by Gasteiger charge is 2.34. The Kier molecular flexibility index (Phi) is 4.55. The Morgan fingerprint density at radius 3 is 2.36 bits per heavy atom. The molecule has 7 rings (SSSR count). The van der Waals surface area contributed by atoms with Crippen LogP contribution in [0.15, 0.2) is 91.1 Å². The van der Waals surface area contributed by atoms with Gasteiger partial charge in [0.25, 0.3) is 0 Å². The average Bonchev–Trinajstić information content (AvgIpc) is 3.22. The number of rotatable bonds is 3. The Labute approximate surface area is 210 Å². The molecule has 1 fully saturated rings. The molecule has 36 heavy (non-hydrogen) atoms. The zero-order chi connectivity index (χ0) is 24.3. The van der Waals surface area contributed by atoms with Crippen LogP contribution in [0.25, 0.3) is 39.6 Å². The predicted octanol–water partition coefficient (Wildman–Crippen LogP) is 7.35. The molecule has 1 saturated carbocycles. The van der Waals surface area contributed by atoms with Crippen molar-refractivity contribution in [1.29, 1.82) is 0 Å². The summed E-state index contributed by atoms with van der Waals surface area (Å²) in [5, 5.41) is 3.54. The summed E-state index contributed by atoms with van der Waals surface area (Å²) in [7, 11) is 0. The largest absolute Gasteiger partial charge is 0.399 e. The summed E-state index contributed by atoms with van der Waals surface area (Å²) in [5.74, 6) is 1.70. The lowest BCUT2D eigenvalue weighted by Gasteiger charge is -2.39. The topological polar surface area (TPSA) is 68.8 Å². The third-order valence-electron chi connectivity index (χ3n) is 7.82. The molecular formula is C31H27N5. The molecule has 1 aliphatic heterocycles. The SMILES string of the molecule is CC1(c2ccc(-c3c(-c4ccc(N)cc4)nc4n3-c3cccnc3Nc3ccccc3-4)cc2)CCC1. The molecule has 3 N–H and O–H groups in total. The van der Waals surface area contributed by atoms with Gasteiger partial charge in [-0.05, 0) is 60.2 Å². The lowest BCUT2D eigenvalue weighted by molar-refractivity contribution is 0.272. The lowest BCUT2D eigenvalue weighted by Crippen LogP contribution is -2.30. The maximum absolute atomic E-state index is 6.03. The van der Waals surface area contributed by atoms with Crippen molar-refractivity contribution in [2.75, 3.05) is 11.1 Å². The minimum Gasteiger partial charge on any atom is -0.399 e. The Bertz CT molecular complexity index is 1590. The fraction of sp³-hybridized carbons (Fsp3) is 0.161. The molecule has 0 bridgehead atoms. The number of para-hydroxylation sites is 1. The van der Waals surface area contributed by atoms with E-state index < -0.39 is 0 Å². The van der Waals surface area contributed by atoms with Crippen molar-refractivity contribution >= 4 is 17.2 Å². The quantitative estimate of drug-likeness (QED) is 0.266. The van der Waals surface area contributed by atoms with E-state index in [0.29, 0.717) is 5.41 Å².